The van der Waals surface area contributed by atoms with E-state index in [1.165, 1.54) is 4.88 Å². The van der Waals surface area contributed by atoms with E-state index in [0.29, 0.717) is 16.7 Å². The molecule has 0 aliphatic rings. The van der Waals surface area contributed by atoms with E-state index in [9.17, 15) is 10.1 Å². The highest BCUT2D eigenvalue weighted by Gasteiger charge is 2.17. The molecule has 4 nitrogen and oxygen atoms in total. The third kappa shape index (κ3) is 2.00. The molecule has 0 saturated carbocycles. The normalized spacial score (nSPS) is 10.8. The molecule has 0 radical (unpaired) electrons. The molecule has 1 aromatic carbocycles. The van der Waals surface area contributed by atoms with Crippen molar-refractivity contribution in [2.75, 3.05) is 0 Å². The van der Waals surface area contributed by atoms with Gasteiger partial charge in [0.25, 0.3) is 0 Å². The molecule has 5 heteroatoms. The van der Waals surface area contributed by atoms with Gasteiger partial charge in [0.05, 0.1) is 11.1 Å². The molecule has 3 aromatic rings. The zero-order valence-electron chi connectivity index (χ0n) is 12.5. The molecule has 0 saturated heterocycles. The maximum atomic E-state index is 11.1. The molecule has 0 aliphatic heterocycles. The lowest BCUT2D eigenvalue weighted by Crippen LogP contribution is -2.01. The van der Waals surface area contributed by atoms with Gasteiger partial charge in [0.15, 0.2) is 0 Å². The van der Waals surface area contributed by atoms with Gasteiger partial charge in [-0.05, 0) is 50.1 Å². The van der Waals surface area contributed by atoms with Crippen LogP contribution in [0.3, 0.4) is 0 Å². The molecule has 0 spiro atoms. The van der Waals surface area contributed by atoms with E-state index in [1.54, 1.807) is 30.4 Å². The first kappa shape index (κ1) is 14.4. The van der Waals surface area contributed by atoms with Gasteiger partial charge in [-0.25, -0.2) is 4.79 Å². The van der Waals surface area contributed by atoms with Gasteiger partial charge in [-0.2, -0.15) is 5.26 Å². The Bertz CT molecular complexity index is 957. The number of benzene rings is 1. The Morgan fingerprint density at radius 1 is 1.32 bits per heavy atom. The molecule has 110 valence electrons. The second-order valence-corrected chi connectivity index (χ2v) is 6.50. The van der Waals surface area contributed by atoms with Crippen molar-refractivity contribution < 1.29 is 9.90 Å². The predicted octanol–water partition coefficient (Wildman–Crippen LogP) is 4.19. The van der Waals surface area contributed by atoms with Crippen LogP contribution in [0.25, 0.3) is 15.9 Å². The van der Waals surface area contributed by atoms with Crippen LogP contribution in [0.5, 0.6) is 0 Å². The number of rotatable bonds is 2. The van der Waals surface area contributed by atoms with E-state index in [0.717, 1.165) is 21.5 Å². The molecule has 3 rings (SSSR count). The van der Waals surface area contributed by atoms with Crippen molar-refractivity contribution in [2.24, 2.45) is 0 Å². The van der Waals surface area contributed by atoms with E-state index < -0.39 is 5.97 Å². The molecule has 2 heterocycles. The lowest BCUT2D eigenvalue weighted by atomic mass is 10.1. The van der Waals surface area contributed by atoms with Crippen molar-refractivity contribution in [1.29, 1.82) is 5.26 Å². The number of nitrogens with zero attached hydrogens (tertiary/aromatic N) is 2. The van der Waals surface area contributed by atoms with Crippen LogP contribution in [0.15, 0.2) is 24.4 Å². The second-order valence-electron chi connectivity index (χ2n) is 5.29. The number of aromatic nitrogens is 1. The highest BCUT2D eigenvalue weighted by molar-refractivity contribution is 7.19. The fourth-order valence-electron chi connectivity index (χ4n) is 2.66. The summed E-state index contributed by atoms with van der Waals surface area (Å²) in [4.78, 5) is 13.3. The highest BCUT2D eigenvalue weighted by atomic mass is 32.1. The van der Waals surface area contributed by atoms with Crippen molar-refractivity contribution in [3.63, 3.8) is 0 Å². The van der Waals surface area contributed by atoms with Gasteiger partial charge in [0, 0.05) is 22.1 Å². The number of carboxylic acid groups (broad SMARTS) is 1. The Morgan fingerprint density at radius 3 is 2.64 bits per heavy atom. The number of hydrogen-bond donors (Lipinski definition) is 1. The third-order valence-corrected chi connectivity index (χ3v) is 5.16. The zero-order valence-corrected chi connectivity index (χ0v) is 13.3. The van der Waals surface area contributed by atoms with Crippen molar-refractivity contribution in [1.82, 2.24) is 4.57 Å². The standard InChI is InChI=1S/C17H14N2O2S/c1-9-6-13(4-5-14(9)17(20)21)19-8-12(7-18)15-10(2)11(3)22-16(15)19/h4-6,8H,1-3H3,(H,20,21). The third-order valence-electron chi connectivity index (χ3n) is 3.95. The predicted molar refractivity (Wildman–Crippen MR) is 87.0 cm³/mol. The number of hydrogen-bond acceptors (Lipinski definition) is 3. The number of nitriles is 1. The van der Waals surface area contributed by atoms with Crippen molar-refractivity contribution in [2.45, 2.75) is 20.8 Å². The average molecular weight is 310 g/mol. The van der Waals surface area contributed by atoms with Crippen LogP contribution in [0.1, 0.15) is 31.9 Å². The molecule has 2 aromatic heterocycles. The molecule has 22 heavy (non-hydrogen) atoms. The number of fused-ring (bicyclic) bond motifs is 1. The first-order valence-electron chi connectivity index (χ1n) is 6.79. The summed E-state index contributed by atoms with van der Waals surface area (Å²) in [5, 5.41) is 19.5. The van der Waals surface area contributed by atoms with E-state index in [4.69, 9.17) is 5.11 Å². The summed E-state index contributed by atoms with van der Waals surface area (Å²) >= 11 is 1.65. The maximum absolute atomic E-state index is 11.1. The van der Waals surface area contributed by atoms with Crippen LogP contribution < -0.4 is 0 Å². The average Bonchev–Trinajstić information content (AvgIpc) is 2.97. The van der Waals surface area contributed by atoms with Crippen LogP contribution in [0.4, 0.5) is 0 Å². The van der Waals surface area contributed by atoms with E-state index in [1.807, 2.05) is 30.7 Å². The summed E-state index contributed by atoms with van der Waals surface area (Å²) in [5.74, 6) is -0.928. The monoisotopic (exact) mass is 310 g/mol. The summed E-state index contributed by atoms with van der Waals surface area (Å²) in [6.07, 6.45) is 1.82. The number of aromatic carboxylic acids is 1. The fourth-order valence-corrected chi connectivity index (χ4v) is 3.83. The molecule has 0 unspecified atom stereocenters. The van der Waals surface area contributed by atoms with Gasteiger partial charge < -0.3 is 9.67 Å². The summed E-state index contributed by atoms with van der Waals surface area (Å²) < 4.78 is 1.97. The Balaban J connectivity index is 2.27. The Morgan fingerprint density at radius 2 is 2.05 bits per heavy atom. The van der Waals surface area contributed by atoms with Crippen LogP contribution in [-0.4, -0.2) is 15.6 Å². The Kier molecular flexibility index (Phi) is 3.27. The van der Waals surface area contributed by atoms with Gasteiger partial charge in [-0.15, -0.1) is 11.3 Å². The van der Waals surface area contributed by atoms with Gasteiger partial charge in [0.1, 0.15) is 10.9 Å². The molecule has 1 N–H and O–H groups in total. The number of carboxylic acids is 1. The highest BCUT2D eigenvalue weighted by Crippen LogP contribution is 2.35. The molecule has 0 bridgehead atoms. The first-order valence-corrected chi connectivity index (χ1v) is 7.61. The van der Waals surface area contributed by atoms with E-state index in [-0.39, 0.29) is 0 Å². The van der Waals surface area contributed by atoms with Gasteiger partial charge in [-0.1, -0.05) is 0 Å². The SMILES string of the molecule is Cc1cc(-n2cc(C#N)c3c(C)c(C)sc32)ccc1C(=O)O. The lowest BCUT2D eigenvalue weighted by Gasteiger charge is -2.07. The smallest absolute Gasteiger partial charge is 0.335 e. The molecular weight excluding hydrogens is 296 g/mol. The van der Waals surface area contributed by atoms with Crippen molar-refractivity contribution >= 4 is 27.5 Å². The molecule has 0 amide bonds. The summed E-state index contributed by atoms with van der Waals surface area (Å²) in [6, 6.07) is 7.48. The van der Waals surface area contributed by atoms with Crippen molar-refractivity contribution in [3.8, 4) is 11.8 Å². The number of thiophene rings is 1. The lowest BCUT2D eigenvalue weighted by molar-refractivity contribution is 0.0696. The second kappa shape index (κ2) is 5.00. The first-order chi connectivity index (χ1) is 10.4. The number of carbonyl (C=O) groups is 1. The van der Waals surface area contributed by atoms with Crippen LogP contribution in [0.2, 0.25) is 0 Å². The molecule has 0 atom stereocenters. The fraction of sp³-hybridized carbons (Fsp3) is 0.176. The van der Waals surface area contributed by atoms with Crippen LogP contribution in [0, 0.1) is 32.1 Å². The van der Waals surface area contributed by atoms with Crippen molar-refractivity contribution in [3.05, 3.63) is 51.5 Å². The number of aryl methyl sites for hydroxylation is 3. The minimum Gasteiger partial charge on any atom is -0.478 e. The Hall–Kier alpha value is -2.58. The van der Waals surface area contributed by atoms with Gasteiger partial charge in [0.2, 0.25) is 0 Å². The molecular formula is C17H14N2O2S. The quantitative estimate of drug-likeness (QED) is 0.772. The summed E-state index contributed by atoms with van der Waals surface area (Å²) in [6.45, 7) is 5.85. The molecule has 0 aliphatic carbocycles. The van der Waals surface area contributed by atoms with Gasteiger partial charge in [-0.3, -0.25) is 0 Å². The minimum atomic E-state index is -0.928. The summed E-state index contributed by atoms with van der Waals surface area (Å²) in [7, 11) is 0. The van der Waals surface area contributed by atoms with E-state index in [2.05, 4.69) is 6.07 Å². The van der Waals surface area contributed by atoms with Gasteiger partial charge >= 0.3 is 5.97 Å². The van der Waals surface area contributed by atoms with Crippen LogP contribution >= 0.6 is 11.3 Å². The Labute approximate surface area is 131 Å². The van der Waals surface area contributed by atoms with E-state index >= 15 is 0 Å². The topological polar surface area (TPSA) is 66.0 Å². The maximum Gasteiger partial charge on any atom is 0.335 e. The minimum absolute atomic E-state index is 0.297. The zero-order chi connectivity index (χ0) is 16.0. The molecule has 0 fully saturated rings. The van der Waals surface area contributed by atoms with Crippen LogP contribution in [-0.2, 0) is 0 Å². The largest absolute Gasteiger partial charge is 0.478 e. The summed E-state index contributed by atoms with van der Waals surface area (Å²) in [5.41, 5.74) is 3.66.